The van der Waals surface area contributed by atoms with Crippen molar-refractivity contribution in [1.82, 2.24) is 15.5 Å². The molecule has 3 rings (SSSR count). The largest absolute Gasteiger partial charge is 0.416 e. The Morgan fingerprint density at radius 2 is 1.48 bits per heavy atom. The summed E-state index contributed by atoms with van der Waals surface area (Å²) in [4.78, 5) is 29.9. The minimum Gasteiger partial charge on any atom is -0.356 e. The van der Waals surface area contributed by atoms with Gasteiger partial charge in [-0.05, 0) is 36.2 Å². The first-order chi connectivity index (χ1) is 14.3. The van der Waals surface area contributed by atoms with Crippen LogP contribution in [0.5, 0.6) is 0 Å². The van der Waals surface area contributed by atoms with Gasteiger partial charge in [0.2, 0.25) is 0 Å². The van der Waals surface area contributed by atoms with E-state index in [1.807, 2.05) is 0 Å². The van der Waals surface area contributed by atoms with Crippen molar-refractivity contribution < 1.29 is 22.8 Å². The third-order valence-corrected chi connectivity index (χ3v) is 4.72. The third-order valence-electron chi connectivity index (χ3n) is 4.72. The van der Waals surface area contributed by atoms with Crippen molar-refractivity contribution in [3.63, 3.8) is 0 Å². The van der Waals surface area contributed by atoms with Gasteiger partial charge in [0, 0.05) is 26.7 Å². The molecule has 0 aromatic heterocycles. The van der Waals surface area contributed by atoms with Crippen LogP contribution < -0.4 is 10.6 Å². The first-order valence-corrected chi connectivity index (χ1v) is 9.37. The lowest BCUT2D eigenvalue weighted by Gasteiger charge is -2.16. The van der Waals surface area contributed by atoms with Crippen LogP contribution in [0, 0.1) is 0 Å². The minimum atomic E-state index is -4.35. The second-order valence-electron chi connectivity index (χ2n) is 6.68. The lowest BCUT2D eigenvalue weighted by molar-refractivity contribution is -0.137. The maximum Gasteiger partial charge on any atom is 0.416 e. The Bertz CT molecular complexity index is 927. The molecule has 0 saturated heterocycles. The van der Waals surface area contributed by atoms with Gasteiger partial charge in [0.1, 0.15) is 0 Å². The average Bonchev–Trinajstić information content (AvgIpc) is 2.97. The fourth-order valence-electron chi connectivity index (χ4n) is 3.13. The average molecular weight is 546 g/mol. The molecule has 0 radical (unpaired) electrons. The number of rotatable bonds is 6. The Hall–Kier alpha value is -2.63. The molecule has 6 nitrogen and oxygen atoms in total. The van der Waals surface area contributed by atoms with Gasteiger partial charge >= 0.3 is 6.18 Å². The van der Waals surface area contributed by atoms with Crippen molar-refractivity contribution in [3.8, 4) is 0 Å². The van der Waals surface area contributed by atoms with Gasteiger partial charge in [0.15, 0.2) is 5.96 Å². The van der Waals surface area contributed by atoms with Crippen LogP contribution in [0.1, 0.15) is 31.8 Å². The van der Waals surface area contributed by atoms with Crippen LogP contribution in [0.15, 0.2) is 53.5 Å². The fourth-order valence-corrected chi connectivity index (χ4v) is 3.13. The van der Waals surface area contributed by atoms with Gasteiger partial charge in [-0.15, -0.1) is 24.0 Å². The molecule has 2 N–H and O–H groups in total. The summed E-state index contributed by atoms with van der Waals surface area (Å²) in [6.45, 7) is 0.954. The van der Waals surface area contributed by atoms with Crippen LogP contribution >= 0.6 is 24.0 Å². The number of aliphatic imine (C=N–C) groups is 1. The summed E-state index contributed by atoms with van der Waals surface area (Å²) in [7, 11) is 1.58. The number of fused-ring (bicyclic) bond motifs is 1. The molecule has 2 amide bonds. The summed E-state index contributed by atoms with van der Waals surface area (Å²) in [6.07, 6.45) is -3.83. The fraction of sp³-hybridized carbons (Fsp3) is 0.286. The third kappa shape index (κ3) is 5.96. The van der Waals surface area contributed by atoms with Crippen LogP contribution in [-0.4, -0.2) is 49.4 Å². The summed E-state index contributed by atoms with van der Waals surface area (Å²) in [5, 5.41) is 6.08. The van der Waals surface area contributed by atoms with Crippen LogP contribution in [0.25, 0.3) is 0 Å². The second kappa shape index (κ2) is 10.6. The smallest absolute Gasteiger partial charge is 0.356 e. The number of hydrogen-bond donors (Lipinski definition) is 2. The molecule has 0 fully saturated rings. The predicted octanol–water partition coefficient (Wildman–Crippen LogP) is 3.33. The molecule has 0 unspecified atom stereocenters. The quantitative estimate of drug-likeness (QED) is 0.253. The number of nitrogens with zero attached hydrogens (tertiary/aromatic N) is 2. The number of guanidine groups is 1. The van der Waals surface area contributed by atoms with Crippen molar-refractivity contribution in [1.29, 1.82) is 0 Å². The van der Waals surface area contributed by atoms with E-state index in [2.05, 4.69) is 15.6 Å². The van der Waals surface area contributed by atoms with E-state index in [4.69, 9.17) is 0 Å². The molecule has 0 atom stereocenters. The van der Waals surface area contributed by atoms with Crippen LogP contribution in [0.2, 0.25) is 0 Å². The highest BCUT2D eigenvalue weighted by molar-refractivity contribution is 14.0. The number of halogens is 4. The van der Waals surface area contributed by atoms with Crippen molar-refractivity contribution in [2.45, 2.75) is 12.6 Å². The van der Waals surface area contributed by atoms with Gasteiger partial charge in [-0.3, -0.25) is 19.5 Å². The van der Waals surface area contributed by atoms with Gasteiger partial charge in [0.25, 0.3) is 11.8 Å². The maximum absolute atomic E-state index is 12.6. The van der Waals surface area contributed by atoms with E-state index >= 15 is 0 Å². The number of imide groups is 1. The van der Waals surface area contributed by atoms with Crippen LogP contribution in [0.4, 0.5) is 13.2 Å². The number of benzene rings is 2. The van der Waals surface area contributed by atoms with Crippen molar-refractivity contribution >= 4 is 41.8 Å². The molecule has 1 aliphatic heterocycles. The lowest BCUT2D eigenvalue weighted by Crippen LogP contribution is -2.43. The molecule has 2 aromatic carbocycles. The van der Waals surface area contributed by atoms with Crippen molar-refractivity contribution in [3.05, 3.63) is 70.8 Å². The van der Waals surface area contributed by atoms with E-state index in [1.54, 1.807) is 31.3 Å². The van der Waals surface area contributed by atoms with E-state index < -0.39 is 11.7 Å². The number of carbonyl (C=O) groups excluding carboxylic acids is 2. The molecule has 166 valence electrons. The van der Waals surface area contributed by atoms with Gasteiger partial charge in [-0.2, -0.15) is 13.2 Å². The van der Waals surface area contributed by atoms with Crippen LogP contribution in [-0.2, 0) is 12.6 Å². The lowest BCUT2D eigenvalue weighted by atomic mass is 10.1. The van der Waals surface area contributed by atoms with Gasteiger partial charge in [0.05, 0.1) is 16.7 Å². The Morgan fingerprint density at radius 3 is 2.00 bits per heavy atom. The Kier molecular flexibility index (Phi) is 8.43. The summed E-state index contributed by atoms with van der Waals surface area (Å²) in [5.74, 6) is -0.163. The van der Waals surface area contributed by atoms with Crippen LogP contribution in [0.3, 0.4) is 0 Å². The molecular weight excluding hydrogens is 524 g/mol. The standard InChI is InChI=1S/C21H21F3N4O2.HI/c1-25-20(26-11-10-14-6-8-15(9-7-14)21(22,23)24)27-12-13-28-18(29)16-4-2-3-5-17(16)19(28)30;/h2-9H,10-13H2,1H3,(H2,25,26,27);1H. The number of carbonyl (C=O) groups is 2. The van der Waals surface area contributed by atoms with Crippen molar-refractivity contribution in [2.24, 2.45) is 4.99 Å². The minimum absolute atomic E-state index is 0. The first kappa shape index (κ1) is 24.6. The zero-order valence-corrected chi connectivity index (χ0v) is 19.0. The highest BCUT2D eigenvalue weighted by Gasteiger charge is 2.34. The van der Waals surface area contributed by atoms with E-state index in [0.717, 1.165) is 17.7 Å². The summed E-state index contributed by atoms with van der Waals surface area (Å²) in [6, 6.07) is 11.7. The van der Waals surface area contributed by atoms with Gasteiger partial charge < -0.3 is 10.6 Å². The van der Waals surface area contributed by atoms with E-state index in [-0.39, 0.29) is 42.3 Å². The molecule has 0 bridgehead atoms. The zero-order chi connectivity index (χ0) is 21.7. The molecule has 0 saturated carbocycles. The van der Waals surface area contributed by atoms with E-state index in [0.29, 0.717) is 36.6 Å². The Balaban J connectivity index is 0.00000341. The zero-order valence-electron chi connectivity index (χ0n) is 16.7. The predicted molar refractivity (Wildman–Crippen MR) is 122 cm³/mol. The number of amides is 2. The molecule has 1 aliphatic rings. The molecule has 0 spiro atoms. The van der Waals surface area contributed by atoms with E-state index in [9.17, 15) is 22.8 Å². The summed E-state index contributed by atoms with van der Waals surface area (Å²) >= 11 is 0. The number of alkyl halides is 3. The first-order valence-electron chi connectivity index (χ1n) is 9.37. The Morgan fingerprint density at radius 1 is 0.935 bits per heavy atom. The molecule has 31 heavy (non-hydrogen) atoms. The maximum atomic E-state index is 12.6. The van der Waals surface area contributed by atoms with Gasteiger partial charge in [-0.25, -0.2) is 0 Å². The molecular formula is C21H22F3IN4O2. The van der Waals surface area contributed by atoms with Crippen molar-refractivity contribution in [2.75, 3.05) is 26.7 Å². The number of nitrogens with one attached hydrogen (secondary N) is 2. The Labute approximate surface area is 194 Å². The summed E-state index contributed by atoms with van der Waals surface area (Å²) in [5.41, 5.74) is 0.893. The normalized spacial score (nSPS) is 13.7. The SMILES string of the molecule is CN=C(NCCc1ccc(C(F)(F)F)cc1)NCCN1C(=O)c2ccccc2C1=O.I. The van der Waals surface area contributed by atoms with Gasteiger partial charge in [-0.1, -0.05) is 24.3 Å². The summed E-state index contributed by atoms with van der Waals surface area (Å²) < 4.78 is 37.8. The monoisotopic (exact) mass is 546 g/mol. The topological polar surface area (TPSA) is 73.8 Å². The van der Waals surface area contributed by atoms with E-state index in [1.165, 1.54) is 17.0 Å². The highest BCUT2D eigenvalue weighted by atomic mass is 127. The molecule has 10 heteroatoms. The number of hydrogen-bond acceptors (Lipinski definition) is 3. The second-order valence-corrected chi connectivity index (χ2v) is 6.68. The highest BCUT2D eigenvalue weighted by Crippen LogP contribution is 2.29. The molecule has 2 aromatic rings. The molecule has 1 heterocycles. The molecule has 0 aliphatic carbocycles.